The zero-order chi connectivity index (χ0) is 20.6. The van der Waals surface area contributed by atoms with Crippen molar-refractivity contribution in [3.05, 3.63) is 83.1 Å². The lowest BCUT2D eigenvalue weighted by Crippen LogP contribution is -2.05. The predicted octanol–water partition coefficient (Wildman–Crippen LogP) is 4.42. The molecule has 150 valence electrons. The Hall–Kier alpha value is -3.32. The minimum atomic E-state index is -0.649. The Morgan fingerprint density at radius 1 is 1.00 bits per heavy atom. The maximum Gasteiger partial charge on any atom is 0.153 e. The Balaban J connectivity index is 1.71. The van der Waals surface area contributed by atoms with Gasteiger partial charge in [-0.2, -0.15) is 0 Å². The van der Waals surface area contributed by atoms with E-state index in [2.05, 4.69) is 15.6 Å². The molecule has 29 heavy (non-hydrogen) atoms. The Kier molecular flexibility index (Phi) is 6.86. The largest absolute Gasteiger partial charge is 0.380 e. The molecule has 0 amide bonds. The van der Waals surface area contributed by atoms with Crippen LogP contribution in [0.4, 0.5) is 26.0 Å². The number of pyridine rings is 1. The maximum atomic E-state index is 13.4. The van der Waals surface area contributed by atoms with Gasteiger partial charge in [-0.1, -0.05) is 12.1 Å². The Bertz CT molecular complexity index is 957. The number of nitrogens with one attached hydrogen (secondary N) is 2. The summed E-state index contributed by atoms with van der Waals surface area (Å²) in [4.78, 5) is 15.6. The van der Waals surface area contributed by atoms with E-state index in [0.717, 1.165) is 24.6 Å². The Morgan fingerprint density at radius 3 is 2.38 bits per heavy atom. The molecule has 7 heteroatoms. The lowest BCUT2D eigenvalue weighted by molar-refractivity contribution is 0.112. The minimum Gasteiger partial charge on any atom is -0.380 e. The first-order valence-corrected chi connectivity index (χ1v) is 9.27. The fourth-order valence-corrected chi connectivity index (χ4v) is 2.90. The number of aryl methyl sites for hydroxylation is 1. The third-order valence-electron chi connectivity index (χ3n) is 4.36. The summed E-state index contributed by atoms with van der Waals surface area (Å²) >= 11 is 0. The number of benzene rings is 2. The molecule has 0 aliphatic heterocycles. The molecule has 1 heterocycles. The molecule has 5 nitrogen and oxygen atoms in total. The van der Waals surface area contributed by atoms with E-state index >= 15 is 0 Å². The zero-order valence-corrected chi connectivity index (χ0v) is 15.8. The summed E-state index contributed by atoms with van der Waals surface area (Å²) in [7, 11) is 0. The summed E-state index contributed by atoms with van der Waals surface area (Å²) in [6.45, 7) is 0.819. The van der Waals surface area contributed by atoms with Gasteiger partial charge in [0.15, 0.2) is 6.29 Å². The highest BCUT2D eigenvalue weighted by Crippen LogP contribution is 2.22. The van der Waals surface area contributed by atoms with Gasteiger partial charge in [-0.05, 0) is 54.8 Å². The second kappa shape index (κ2) is 9.75. The highest BCUT2D eigenvalue weighted by Gasteiger charge is 2.07. The Labute approximate surface area is 168 Å². The third kappa shape index (κ3) is 5.83. The molecular weight excluding hydrogens is 374 g/mol. The zero-order valence-electron chi connectivity index (χ0n) is 15.8. The molecule has 0 atom stereocenters. The summed E-state index contributed by atoms with van der Waals surface area (Å²) in [5.74, 6) is -0.757. The Morgan fingerprint density at radius 2 is 1.72 bits per heavy atom. The molecule has 0 radical (unpaired) electrons. The van der Waals surface area contributed by atoms with Crippen molar-refractivity contribution in [3.8, 4) is 0 Å². The molecular formula is C22H22F2N4O. The van der Waals surface area contributed by atoms with Crippen LogP contribution >= 0.6 is 0 Å². The molecule has 0 unspecified atom stereocenters. The van der Waals surface area contributed by atoms with Crippen molar-refractivity contribution < 1.29 is 13.6 Å². The SMILES string of the molecule is NCCCc1ccc(Nc2cc(NCc3cc(F)cc(F)c3)c(C=O)cn2)cc1. The van der Waals surface area contributed by atoms with Crippen molar-refractivity contribution >= 4 is 23.5 Å². The topological polar surface area (TPSA) is 80.0 Å². The molecule has 1 aromatic heterocycles. The van der Waals surface area contributed by atoms with E-state index in [9.17, 15) is 13.6 Å². The standard InChI is InChI=1S/C22H22F2N4O/c23-18-8-16(9-19(24)10-18)12-26-21-11-22(27-13-17(21)14-29)28-20-5-3-15(4-6-20)2-1-7-25/h3-6,8-11,13-14H,1-2,7,12,25H2,(H2,26,27,28). The predicted molar refractivity (Wildman–Crippen MR) is 110 cm³/mol. The maximum absolute atomic E-state index is 13.4. The first-order chi connectivity index (χ1) is 14.1. The smallest absolute Gasteiger partial charge is 0.153 e. The van der Waals surface area contributed by atoms with Crippen LogP contribution in [0.2, 0.25) is 0 Å². The van der Waals surface area contributed by atoms with Crippen LogP contribution in [0, 0.1) is 11.6 Å². The number of carbonyl (C=O) groups is 1. The van der Waals surface area contributed by atoms with E-state index in [1.54, 1.807) is 6.07 Å². The quantitative estimate of drug-likeness (QED) is 0.467. The summed E-state index contributed by atoms with van der Waals surface area (Å²) < 4.78 is 26.7. The van der Waals surface area contributed by atoms with Gasteiger partial charge in [0.05, 0.1) is 11.3 Å². The van der Waals surface area contributed by atoms with Crippen LogP contribution in [0.1, 0.15) is 27.9 Å². The second-order valence-electron chi connectivity index (χ2n) is 6.62. The highest BCUT2D eigenvalue weighted by molar-refractivity contribution is 5.85. The van der Waals surface area contributed by atoms with Gasteiger partial charge < -0.3 is 16.4 Å². The fourth-order valence-electron chi connectivity index (χ4n) is 2.90. The van der Waals surface area contributed by atoms with Crippen molar-refractivity contribution in [1.82, 2.24) is 4.98 Å². The molecule has 2 aromatic carbocycles. The van der Waals surface area contributed by atoms with Crippen LogP contribution in [0.25, 0.3) is 0 Å². The van der Waals surface area contributed by atoms with Gasteiger partial charge in [0.25, 0.3) is 0 Å². The van der Waals surface area contributed by atoms with E-state index in [1.807, 2.05) is 24.3 Å². The summed E-state index contributed by atoms with van der Waals surface area (Å²) in [6.07, 6.45) is 3.99. The minimum absolute atomic E-state index is 0.162. The molecule has 0 fully saturated rings. The monoisotopic (exact) mass is 396 g/mol. The second-order valence-corrected chi connectivity index (χ2v) is 6.62. The van der Waals surface area contributed by atoms with E-state index in [-0.39, 0.29) is 6.54 Å². The molecule has 0 spiro atoms. The number of nitrogens with zero attached hydrogens (tertiary/aromatic N) is 1. The number of aldehydes is 1. The summed E-state index contributed by atoms with van der Waals surface area (Å²) in [6, 6.07) is 12.9. The van der Waals surface area contributed by atoms with Gasteiger partial charge in [0, 0.05) is 30.6 Å². The average molecular weight is 396 g/mol. The molecule has 0 bridgehead atoms. The van der Waals surface area contributed by atoms with Crippen LogP contribution < -0.4 is 16.4 Å². The number of hydrogen-bond acceptors (Lipinski definition) is 5. The number of rotatable bonds is 9. The molecule has 0 saturated heterocycles. The van der Waals surface area contributed by atoms with Crippen molar-refractivity contribution in [2.75, 3.05) is 17.2 Å². The van der Waals surface area contributed by atoms with E-state index in [0.29, 0.717) is 35.5 Å². The molecule has 4 N–H and O–H groups in total. The lowest BCUT2D eigenvalue weighted by Gasteiger charge is -2.12. The summed E-state index contributed by atoms with van der Waals surface area (Å²) in [5.41, 5.74) is 8.89. The molecule has 0 aliphatic rings. The molecule has 0 saturated carbocycles. The van der Waals surface area contributed by atoms with E-state index < -0.39 is 11.6 Å². The number of anilines is 3. The van der Waals surface area contributed by atoms with E-state index in [4.69, 9.17) is 5.73 Å². The van der Waals surface area contributed by atoms with Crippen LogP contribution in [0.3, 0.4) is 0 Å². The molecule has 0 aliphatic carbocycles. The lowest BCUT2D eigenvalue weighted by atomic mass is 10.1. The van der Waals surface area contributed by atoms with Gasteiger partial charge in [0.1, 0.15) is 17.5 Å². The normalized spacial score (nSPS) is 10.6. The van der Waals surface area contributed by atoms with Crippen LogP contribution in [0.15, 0.2) is 54.7 Å². The van der Waals surface area contributed by atoms with Gasteiger partial charge in [0.2, 0.25) is 0 Å². The van der Waals surface area contributed by atoms with Crippen molar-refractivity contribution in [2.24, 2.45) is 5.73 Å². The fraction of sp³-hybridized carbons (Fsp3) is 0.182. The summed E-state index contributed by atoms with van der Waals surface area (Å²) in [5, 5.41) is 6.22. The number of nitrogens with two attached hydrogens (primary N) is 1. The van der Waals surface area contributed by atoms with Crippen LogP contribution in [0.5, 0.6) is 0 Å². The highest BCUT2D eigenvalue weighted by atomic mass is 19.1. The van der Waals surface area contributed by atoms with Crippen molar-refractivity contribution in [3.63, 3.8) is 0 Å². The number of hydrogen-bond donors (Lipinski definition) is 3. The van der Waals surface area contributed by atoms with Gasteiger partial charge in [-0.25, -0.2) is 13.8 Å². The number of aromatic nitrogens is 1. The molecule has 3 aromatic rings. The van der Waals surface area contributed by atoms with Gasteiger partial charge in [-0.3, -0.25) is 4.79 Å². The van der Waals surface area contributed by atoms with Crippen LogP contribution in [-0.4, -0.2) is 17.8 Å². The first-order valence-electron chi connectivity index (χ1n) is 9.27. The van der Waals surface area contributed by atoms with E-state index in [1.165, 1.54) is 23.9 Å². The molecule has 3 rings (SSSR count). The van der Waals surface area contributed by atoms with Crippen molar-refractivity contribution in [2.45, 2.75) is 19.4 Å². The van der Waals surface area contributed by atoms with Gasteiger partial charge in [-0.15, -0.1) is 0 Å². The number of halogens is 2. The van der Waals surface area contributed by atoms with Crippen LogP contribution in [-0.2, 0) is 13.0 Å². The van der Waals surface area contributed by atoms with Gasteiger partial charge >= 0.3 is 0 Å². The average Bonchev–Trinajstić information content (AvgIpc) is 2.71. The number of carbonyl (C=O) groups excluding carboxylic acids is 1. The first kappa shape index (κ1) is 20.4. The van der Waals surface area contributed by atoms with Crippen molar-refractivity contribution in [1.29, 1.82) is 0 Å². The third-order valence-corrected chi connectivity index (χ3v) is 4.36.